The molecule has 0 aliphatic carbocycles. The lowest BCUT2D eigenvalue weighted by Crippen LogP contribution is -2.06. The van der Waals surface area contributed by atoms with Gasteiger partial charge in [0.2, 0.25) is 0 Å². The molecule has 0 bridgehead atoms. The van der Waals surface area contributed by atoms with Gasteiger partial charge in [-0.05, 0) is 36.2 Å². The molecule has 2 heteroatoms. The third kappa shape index (κ3) is 1.76. The normalized spacial score (nSPS) is 12.3. The molecule has 0 spiro atoms. The van der Waals surface area contributed by atoms with Crippen LogP contribution in [0.3, 0.4) is 0 Å². The van der Waals surface area contributed by atoms with Crippen molar-refractivity contribution in [1.29, 1.82) is 0 Å². The summed E-state index contributed by atoms with van der Waals surface area (Å²) in [5, 5.41) is 3.33. The fourth-order valence-electron chi connectivity index (χ4n) is 2.24. The van der Waals surface area contributed by atoms with Gasteiger partial charge in [0.15, 0.2) is 0 Å². The van der Waals surface area contributed by atoms with Crippen LogP contribution in [0.5, 0.6) is 5.75 Å². The minimum absolute atomic E-state index is 0.670. The van der Waals surface area contributed by atoms with E-state index in [9.17, 15) is 0 Å². The van der Waals surface area contributed by atoms with Crippen molar-refractivity contribution >= 4 is 5.69 Å². The van der Waals surface area contributed by atoms with Gasteiger partial charge in [0.05, 0.1) is 0 Å². The van der Waals surface area contributed by atoms with Crippen LogP contribution >= 0.6 is 0 Å². The standard InChI is InChI=1S/C15H15NO/c1-2-16-12-7-8-15-14(9-12)13-6-4-3-5-11(13)10-17-15/h3-9,16H,2,10H2,1H3. The third-order valence-electron chi connectivity index (χ3n) is 3.05. The highest BCUT2D eigenvalue weighted by molar-refractivity contribution is 5.78. The van der Waals surface area contributed by atoms with E-state index in [1.807, 2.05) is 6.07 Å². The van der Waals surface area contributed by atoms with Crippen LogP contribution in [0.1, 0.15) is 12.5 Å². The van der Waals surface area contributed by atoms with Gasteiger partial charge in [-0.3, -0.25) is 0 Å². The molecule has 2 aromatic rings. The lowest BCUT2D eigenvalue weighted by atomic mass is 9.97. The summed E-state index contributed by atoms with van der Waals surface area (Å²) in [7, 11) is 0. The minimum atomic E-state index is 0.670. The van der Waals surface area contributed by atoms with Gasteiger partial charge in [0.25, 0.3) is 0 Å². The molecule has 0 atom stereocenters. The zero-order valence-electron chi connectivity index (χ0n) is 9.86. The van der Waals surface area contributed by atoms with Gasteiger partial charge in [-0.25, -0.2) is 0 Å². The fourth-order valence-corrected chi connectivity index (χ4v) is 2.24. The number of anilines is 1. The van der Waals surface area contributed by atoms with E-state index >= 15 is 0 Å². The number of ether oxygens (including phenoxy) is 1. The van der Waals surface area contributed by atoms with Crippen LogP contribution in [0.4, 0.5) is 5.69 Å². The first-order valence-electron chi connectivity index (χ1n) is 5.97. The summed E-state index contributed by atoms with van der Waals surface area (Å²) in [6.45, 7) is 3.70. The maximum atomic E-state index is 5.76. The molecule has 0 unspecified atom stereocenters. The van der Waals surface area contributed by atoms with Crippen molar-refractivity contribution in [1.82, 2.24) is 0 Å². The molecule has 1 heterocycles. The van der Waals surface area contributed by atoms with Crippen molar-refractivity contribution in [3.05, 3.63) is 48.0 Å². The predicted octanol–water partition coefficient (Wildman–Crippen LogP) is 3.68. The minimum Gasteiger partial charge on any atom is -0.488 e. The summed E-state index contributed by atoms with van der Waals surface area (Å²) in [5.41, 5.74) is 4.87. The van der Waals surface area contributed by atoms with Crippen molar-refractivity contribution in [2.75, 3.05) is 11.9 Å². The molecular formula is C15H15NO. The molecule has 0 saturated carbocycles. The molecule has 0 aromatic heterocycles. The second-order valence-electron chi connectivity index (χ2n) is 4.19. The van der Waals surface area contributed by atoms with Crippen LogP contribution in [-0.2, 0) is 6.61 Å². The van der Waals surface area contributed by atoms with E-state index in [4.69, 9.17) is 4.74 Å². The largest absolute Gasteiger partial charge is 0.488 e. The van der Waals surface area contributed by atoms with E-state index in [1.165, 1.54) is 16.7 Å². The van der Waals surface area contributed by atoms with Crippen LogP contribution in [-0.4, -0.2) is 6.54 Å². The van der Waals surface area contributed by atoms with Crippen LogP contribution in [0.2, 0.25) is 0 Å². The fraction of sp³-hybridized carbons (Fsp3) is 0.200. The zero-order chi connectivity index (χ0) is 11.7. The SMILES string of the molecule is CCNc1ccc2c(c1)-c1ccccc1CO2. The smallest absolute Gasteiger partial charge is 0.127 e. The van der Waals surface area contributed by atoms with Crippen LogP contribution in [0.25, 0.3) is 11.1 Å². The van der Waals surface area contributed by atoms with Gasteiger partial charge in [-0.1, -0.05) is 24.3 Å². The summed E-state index contributed by atoms with van der Waals surface area (Å²) in [6, 6.07) is 14.7. The van der Waals surface area contributed by atoms with Gasteiger partial charge in [-0.2, -0.15) is 0 Å². The van der Waals surface area contributed by atoms with E-state index in [1.54, 1.807) is 0 Å². The maximum absolute atomic E-state index is 5.76. The van der Waals surface area contributed by atoms with Crippen molar-refractivity contribution in [2.24, 2.45) is 0 Å². The van der Waals surface area contributed by atoms with Crippen molar-refractivity contribution in [3.8, 4) is 16.9 Å². The quantitative estimate of drug-likeness (QED) is 0.841. The van der Waals surface area contributed by atoms with Crippen LogP contribution in [0.15, 0.2) is 42.5 Å². The van der Waals surface area contributed by atoms with Crippen molar-refractivity contribution < 1.29 is 4.74 Å². The molecule has 17 heavy (non-hydrogen) atoms. The Hall–Kier alpha value is -1.96. The van der Waals surface area contributed by atoms with Crippen molar-refractivity contribution in [2.45, 2.75) is 13.5 Å². The summed E-state index contributed by atoms with van der Waals surface area (Å²) in [4.78, 5) is 0. The Balaban J connectivity index is 2.12. The third-order valence-corrected chi connectivity index (χ3v) is 3.05. The Morgan fingerprint density at radius 2 is 2.00 bits per heavy atom. The number of hydrogen-bond acceptors (Lipinski definition) is 2. The molecule has 0 amide bonds. The van der Waals surface area contributed by atoms with Crippen LogP contribution < -0.4 is 10.1 Å². The van der Waals surface area contributed by atoms with Gasteiger partial charge in [-0.15, -0.1) is 0 Å². The van der Waals surface area contributed by atoms with E-state index in [2.05, 4.69) is 48.6 Å². The first-order valence-corrected chi connectivity index (χ1v) is 5.97. The number of rotatable bonds is 2. The highest BCUT2D eigenvalue weighted by Gasteiger charge is 2.16. The summed E-state index contributed by atoms with van der Waals surface area (Å²) < 4.78 is 5.76. The molecule has 3 rings (SSSR count). The second kappa shape index (κ2) is 4.13. The van der Waals surface area contributed by atoms with Gasteiger partial charge >= 0.3 is 0 Å². The summed E-state index contributed by atoms with van der Waals surface area (Å²) in [6.07, 6.45) is 0. The first kappa shape index (κ1) is 10.2. The average molecular weight is 225 g/mol. The van der Waals surface area contributed by atoms with Crippen molar-refractivity contribution in [3.63, 3.8) is 0 Å². The average Bonchev–Trinajstić information content (AvgIpc) is 2.39. The molecule has 86 valence electrons. The molecule has 0 saturated heterocycles. The second-order valence-corrected chi connectivity index (χ2v) is 4.19. The van der Waals surface area contributed by atoms with E-state index in [-0.39, 0.29) is 0 Å². The lowest BCUT2D eigenvalue weighted by Gasteiger charge is -2.21. The topological polar surface area (TPSA) is 21.3 Å². The van der Waals surface area contributed by atoms with E-state index in [0.29, 0.717) is 6.61 Å². The van der Waals surface area contributed by atoms with E-state index < -0.39 is 0 Å². The first-order chi connectivity index (χ1) is 8.38. The molecular weight excluding hydrogens is 210 g/mol. The Morgan fingerprint density at radius 3 is 2.88 bits per heavy atom. The Bertz CT molecular complexity index is 548. The molecule has 1 aliphatic rings. The number of nitrogens with one attached hydrogen (secondary N) is 1. The molecule has 2 aromatic carbocycles. The molecule has 0 radical (unpaired) electrons. The van der Waals surface area contributed by atoms with Gasteiger partial charge in [0.1, 0.15) is 12.4 Å². The monoisotopic (exact) mass is 225 g/mol. The Morgan fingerprint density at radius 1 is 1.12 bits per heavy atom. The summed E-state index contributed by atoms with van der Waals surface area (Å²) >= 11 is 0. The maximum Gasteiger partial charge on any atom is 0.127 e. The Labute approximate surface area is 101 Å². The highest BCUT2D eigenvalue weighted by atomic mass is 16.5. The molecule has 1 aliphatic heterocycles. The van der Waals surface area contributed by atoms with E-state index in [0.717, 1.165) is 18.0 Å². The number of benzene rings is 2. The lowest BCUT2D eigenvalue weighted by molar-refractivity contribution is 0.302. The molecule has 1 N–H and O–H groups in total. The molecule has 2 nitrogen and oxygen atoms in total. The molecule has 0 fully saturated rings. The van der Waals surface area contributed by atoms with Gasteiger partial charge < -0.3 is 10.1 Å². The Kier molecular flexibility index (Phi) is 2.48. The van der Waals surface area contributed by atoms with Crippen LogP contribution in [0, 0.1) is 0 Å². The van der Waals surface area contributed by atoms with Gasteiger partial charge in [0, 0.05) is 17.8 Å². The number of fused-ring (bicyclic) bond motifs is 3. The number of hydrogen-bond donors (Lipinski definition) is 1. The highest BCUT2D eigenvalue weighted by Crippen LogP contribution is 2.38. The summed E-state index contributed by atoms with van der Waals surface area (Å²) in [5.74, 6) is 0.977. The zero-order valence-corrected chi connectivity index (χ0v) is 9.86. The predicted molar refractivity (Wildman–Crippen MR) is 70.4 cm³/mol.